The SMILES string of the molecule is CC/C=C/C=C/C=C/C=C/CCCCCC(=O)OCC(COC(=O)CCCCCCCCC/C=C/CCCCCCCC)OC(=O)CCCCCCCCC/C=C/CCCCCC. The van der Waals surface area contributed by atoms with Crippen LogP contribution in [-0.2, 0) is 28.6 Å². The molecule has 0 aliphatic carbocycles. The Morgan fingerprint density at radius 1 is 0.333 bits per heavy atom. The molecule has 0 amide bonds. The van der Waals surface area contributed by atoms with Crippen LogP contribution in [0.25, 0.3) is 0 Å². The molecular formula is C57H98O6. The van der Waals surface area contributed by atoms with Gasteiger partial charge in [-0.3, -0.25) is 14.4 Å². The van der Waals surface area contributed by atoms with Crippen LogP contribution in [0.1, 0.15) is 252 Å². The Balaban J connectivity index is 4.43. The molecule has 0 radical (unpaired) electrons. The van der Waals surface area contributed by atoms with Gasteiger partial charge in [-0.2, -0.15) is 0 Å². The van der Waals surface area contributed by atoms with Crippen LogP contribution < -0.4 is 0 Å². The summed E-state index contributed by atoms with van der Waals surface area (Å²) in [6, 6.07) is 0. The van der Waals surface area contributed by atoms with Crippen molar-refractivity contribution in [1.29, 1.82) is 0 Å². The molecule has 0 aliphatic heterocycles. The fraction of sp³-hybridized carbons (Fsp3) is 0.737. The second-order valence-corrected chi connectivity index (χ2v) is 17.5. The van der Waals surface area contributed by atoms with Crippen LogP contribution >= 0.6 is 0 Å². The molecule has 0 N–H and O–H groups in total. The Bertz CT molecular complexity index is 1190. The lowest BCUT2D eigenvalue weighted by Gasteiger charge is -2.18. The van der Waals surface area contributed by atoms with Gasteiger partial charge in [-0.25, -0.2) is 0 Å². The van der Waals surface area contributed by atoms with E-state index in [0.29, 0.717) is 19.3 Å². The summed E-state index contributed by atoms with van der Waals surface area (Å²) < 4.78 is 16.8. The molecule has 0 saturated heterocycles. The third-order valence-electron chi connectivity index (χ3n) is 11.3. The lowest BCUT2D eigenvalue weighted by atomic mass is 10.1. The van der Waals surface area contributed by atoms with E-state index >= 15 is 0 Å². The summed E-state index contributed by atoms with van der Waals surface area (Å²) in [6.07, 6.45) is 64.6. The van der Waals surface area contributed by atoms with E-state index in [2.05, 4.69) is 57.2 Å². The van der Waals surface area contributed by atoms with Gasteiger partial charge in [0.25, 0.3) is 0 Å². The fourth-order valence-electron chi connectivity index (χ4n) is 7.27. The van der Waals surface area contributed by atoms with Gasteiger partial charge < -0.3 is 14.2 Å². The van der Waals surface area contributed by atoms with Crippen LogP contribution in [0.15, 0.2) is 72.9 Å². The second kappa shape index (κ2) is 51.5. The highest BCUT2D eigenvalue weighted by Crippen LogP contribution is 2.14. The van der Waals surface area contributed by atoms with Crippen molar-refractivity contribution in [2.45, 2.75) is 258 Å². The fourth-order valence-corrected chi connectivity index (χ4v) is 7.27. The lowest BCUT2D eigenvalue weighted by molar-refractivity contribution is -0.167. The van der Waals surface area contributed by atoms with E-state index in [1.165, 1.54) is 141 Å². The molecule has 0 spiro atoms. The largest absolute Gasteiger partial charge is 0.462 e. The van der Waals surface area contributed by atoms with Crippen molar-refractivity contribution in [1.82, 2.24) is 0 Å². The quantitative estimate of drug-likeness (QED) is 0.0199. The molecule has 0 heterocycles. The first-order chi connectivity index (χ1) is 31.0. The minimum absolute atomic E-state index is 0.0919. The molecule has 0 fully saturated rings. The minimum Gasteiger partial charge on any atom is -0.462 e. The molecule has 0 saturated carbocycles. The van der Waals surface area contributed by atoms with Crippen LogP contribution in [0.5, 0.6) is 0 Å². The normalized spacial score (nSPS) is 12.6. The van der Waals surface area contributed by atoms with E-state index in [1.807, 2.05) is 36.5 Å². The number of esters is 3. The first-order valence-corrected chi connectivity index (χ1v) is 26.5. The first-order valence-electron chi connectivity index (χ1n) is 26.5. The standard InChI is InChI=1S/C57H98O6/c1-4-7-10-13-16-19-22-25-27-28-30-32-35-38-41-44-47-50-56(59)62-53-54(52-61-55(58)49-46-43-40-37-34-31-24-21-18-15-12-9-6-3)63-57(60)51-48-45-42-39-36-33-29-26-23-20-17-14-11-8-5-2/h9,12,15,18,20-21,23-25,27,31,34,54H,4-8,10-11,13-14,16-17,19,22,26,28-30,32-33,35-53H2,1-3H3/b12-9+,18-15+,23-20+,24-21+,27-25+,34-31+. The van der Waals surface area contributed by atoms with Gasteiger partial charge in [0.05, 0.1) is 0 Å². The summed E-state index contributed by atoms with van der Waals surface area (Å²) in [5, 5.41) is 0. The third kappa shape index (κ3) is 49.7. The topological polar surface area (TPSA) is 78.9 Å². The van der Waals surface area contributed by atoms with Crippen molar-refractivity contribution < 1.29 is 28.6 Å². The zero-order chi connectivity index (χ0) is 45.8. The Hall–Kier alpha value is -3.15. The number of carbonyl (C=O) groups is 3. The van der Waals surface area contributed by atoms with Crippen molar-refractivity contribution in [3.63, 3.8) is 0 Å². The molecule has 6 nitrogen and oxygen atoms in total. The van der Waals surface area contributed by atoms with Gasteiger partial charge in [0.2, 0.25) is 0 Å². The molecule has 0 rings (SSSR count). The summed E-state index contributed by atoms with van der Waals surface area (Å²) in [5.74, 6) is -0.938. The van der Waals surface area contributed by atoms with Crippen LogP contribution in [0.4, 0.5) is 0 Å². The van der Waals surface area contributed by atoms with Crippen LogP contribution in [-0.4, -0.2) is 37.2 Å². The Morgan fingerprint density at radius 2 is 0.635 bits per heavy atom. The summed E-state index contributed by atoms with van der Waals surface area (Å²) in [7, 11) is 0. The van der Waals surface area contributed by atoms with Gasteiger partial charge in [-0.05, 0) is 89.9 Å². The molecule has 0 aromatic heterocycles. The minimum atomic E-state index is -0.795. The second-order valence-electron chi connectivity index (χ2n) is 17.5. The molecule has 63 heavy (non-hydrogen) atoms. The predicted octanol–water partition coefficient (Wildman–Crippen LogP) is 17.4. The molecule has 1 unspecified atom stereocenters. The number of unbranched alkanes of at least 4 members (excludes halogenated alkanes) is 27. The van der Waals surface area contributed by atoms with Crippen LogP contribution in [0.3, 0.4) is 0 Å². The highest BCUT2D eigenvalue weighted by molar-refractivity contribution is 5.71. The van der Waals surface area contributed by atoms with Gasteiger partial charge in [-0.1, -0.05) is 216 Å². The summed E-state index contributed by atoms with van der Waals surface area (Å²) in [4.78, 5) is 38.0. The molecule has 0 aromatic carbocycles. The number of hydrogen-bond acceptors (Lipinski definition) is 6. The van der Waals surface area contributed by atoms with E-state index in [1.54, 1.807) is 0 Å². The zero-order valence-electron chi connectivity index (χ0n) is 41.3. The maximum absolute atomic E-state index is 12.8. The number of allylic oxidation sites excluding steroid dienone is 12. The molecule has 6 heteroatoms. The molecule has 0 aliphatic rings. The number of carbonyl (C=O) groups excluding carboxylic acids is 3. The van der Waals surface area contributed by atoms with Crippen molar-refractivity contribution in [2.24, 2.45) is 0 Å². The maximum atomic E-state index is 12.8. The predicted molar refractivity (Wildman–Crippen MR) is 270 cm³/mol. The lowest BCUT2D eigenvalue weighted by Crippen LogP contribution is -2.30. The highest BCUT2D eigenvalue weighted by atomic mass is 16.6. The number of ether oxygens (including phenoxy) is 3. The van der Waals surface area contributed by atoms with Gasteiger partial charge in [0.15, 0.2) is 6.10 Å². The van der Waals surface area contributed by atoms with E-state index < -0.39 is 6.10 Å². The van der Waals surface area contributed by atoms with Crippen molar-refractivity contribution >= 4 is 17.9 Å². The van der Waals surface area contributed by atoms with Crippen LogP contribution in [0.2, 0.25) is 0 Å². The summed E-state index contributed by atoms with van der Waals surface area (Å²) >= 11 is 0. The Morgan fingerprint density at radius 3 is 1.05 bits per heavy atom. The molecule has 0 aromatic rings. The van der Waals surface area contributed by atoms with E-state index in [-0.39, 0.29) is 31.1 Å². The van der Waals surface area contributed by atoms with Gasteiger partial charge in [-0.15, -0.1) is 0 Å². The zero-order valence-corrected chi connectivity index (χ0v) is 41.3. The third-order valence-corrected chi connectivity index (χ3v) is 11.3. The molecule has 362 valence electrons. The van der Waals surface area contributed by atoms with Crippen LogP contribution in [0, 0.1) is 0 Å². The summed E-state index contributed by atoms with van der Waals surface area (Å²) in [6.45, 7) is 6.45. The van der Waals surface area contributed by atoms with Gasteiger partial charge in [0.1, 0.15) is 13.2 Å². The monoisotopic (exact) mass is 879 g/mol. The smallest absolute Gasteiger partial charge is 0.306 e. The van der Waals surface area contributed by atoms with Crippen molar-refractivity contribution in [3.8, 4) is 0 Å². The van der Waals surface area contributed by atoms with Crippen molar-refractivity contribution in [3.05, 3.63) is 72.9 Å². The number of hydrogen-bond donors (Lipinski definition) is 0. The molecule has 0 bridgehead atoms. The Labute approximate surface area is 389 Å². The van der Waals surface area contributed by atoms with Gasteiger partial charge >= 0.3 is 17.9 Å². The highest BCUT2D eigenvalue weighted by Gasteiger charge is 2.19. The van der Waals surface area contributed by atoms with E-state index in [4.69, 9.17) is 14.2 Å². The maximum Gasteiger partial charge on any atom is 0.306 e. The van der Waals surface area contributed by atoms with E-state index in [0.717, 1.165) is 70.6 Å². The molecule has 1 atom stereocenters. The van der Waals surface area contributed by atoms with Crippen molar-refractivity contribution in [2.75, 3.05) is 13.2 Å². The van der Waals surface area contributed by atoms with Gasteiger partial charge in [0, 0.05) is 19.3 Å². The Kier molecular flexibility index (Phi) is 48.9. The average Bonchev–Trinajstić information content (AvgIpc) is 3.28. The number of rotatable bonds is 47. The molecular weight excluding hydrogens is 781 g/mol. The average molecular weight is 879 g/mol. The van der Waals surface area contributed by atoms with E-state index in [9.17, 15) is 14.4 Å². The first kappa shape index (κ1) is 59.9. The summed E-state index contributed by atoms with van der Waals surface area (Å²) in [5.41, 5.74) is 0.